The van der Waals surface area contributed by atoms with Gasteiger partial charge in [0, 0.05) is 32.7 Å². The third-order valence-electron chi connectivity index (χ3n) is 15.3. The molecule has 7 heterocycles. The van der Waals surface area contributed by atoms with Crippen LogP contribution in [0.3, 0.4) is 0 Å². The minimum absolute atomic E-state index is 0.0413. The molecule has 0 amide bonds. The van der Waals surface area contributed by atoms with Gasteiger partial charge in [0.25, 0.3) is 6.71 Å². The lowest BCUT2D eigenvalue weighted by Gasteiger charge is -2.37. The van der Waals surface area contributed by atoms with Crippen LogP contribution < -0.4 is 16.4 Å². The van der Waals surface area contributed by atoms with Crippen molar-refractivity contribution in [3.8, 4) is 45.3 Å². The Balaban J connectivity index is 1.18. The molecule has 286 valence electrons. The van der Waals surface area contributed by atoms with Gasteiger partial charge in [0.1, 0.15) is 11.6 Å². The van der Waals surface area contributed by atoms with E-state index in [2.05, 4.69) is 196 Å². The first-order chi connectivity index (χ1) is 31.3. The Hall–Kier alpha value is -8.22. The van der Waals surface area contributed by atoms with Crippen molar-refractivity contribution >= 4 is 83.3 Å². The van der Waals surface area contributed by atoms with Crippen LogP contribution in [0.1, 0.15) is 22.3 Å². The van der Waals surface area contributed by atoms with Gasteiger partial charge in [0.15, 0.2) is 0 Å². The molecule has 0 N–H and O–H groups in total. The van der Waals surface area contributed by atoms with E-state index in [-0.39, 0.29) is 6.71 Å². The Labute approximate surface area is 360 Å². The maximum atomic E-state index is 5.57. The Morgan fingerprint density at radius 2 is 0.825 bits per heavy atom. The zero-order valence-electron chi connectivity index (χ0n) is 33.6. The van der Waals surface area contributed by atoms with E-state index in [9.17, 15) is 0 Å². The molecule has 6 heteroatoms. The van der Waals surface area contributed by atoms with Crippen LogP contribution in [0.5, 0.6) is 0 Å². The average molecular weight is 796 g/mol. The molecular formula is C57H30BN5. The molecule has 17 rings (SSSR count). The SMILES string of the molecule is c1ccc(-c2nc3cccc4c3n2-c2c3c(c5c6cccc7c6n6c8c(cccc8c2c56)C72c5ccccc5-c5ccccc52)-n2c(-c5ccccc5)nc5cccc(c52)B34)cc1. The monoisotopic (exact) mass is 795 g/mol. The molecule has 4 aliphatic rings. The highest BCUT2D eigenvalue weighted by atomic mass is 15.1. The Morgan fingerprint density at radius 1 is 0.381 bits per heavy atom. The summed E-state index contributed by atoms with van der Waals surface area (Å²) in [6, 6.07) is 67.7. The summed E-state index contributed by atoms with van der Waals surface area (Å²) in [7, 11) is 0. The highest BCUT2D eigenvalue weighted by Gasteiger charge is 2.52. The minimum atomic E-state index is -0.507. The number of hydrogen-bond donors (Lipinski definition) is 0. The molecule has 0 unspecified atom stereocenters. The van der Waals surface area contributed by atoms with E-state index in [1.165, 1.54) is 110 Å². The lowest BCUT2D eigenvalue weighted by molar-refractivity contribution is 0.769. The van der Waals surface area contributed by atoms with Crippen molar-refractivity contribution in [2.24, 2.45) is 0 Å². The predicted octanol–water partition coefficient (Wildman–Crippen LogP) is 10.7. The second kappa shape index (κ2) is 10.4. The Morgan fingerprint density at radius 3 is 1.33 bits per heavy atom. The van der Waals surface area contributed by atoms with Crippen LogP contribution in [0.2, 0.25) is 0 Å². The zero-order valence-corrected chi connectivity index (χ0v) is 33.6. The van der Waals surface area contributed by atoms with Crippen LogP contribution in [0, 0.1) is 0 Å². The summed E-state index contributed by atoms with van der Waals surface area (Å²) < 4.78 is 7.77. The van der Waals surface area contributed by atoms with Crippen molar-refractivity contribution in [2.75, 3.05) is 0 Å². The summed E-state index contributed by atoms with van der Waals surface area (Å²) in [5.41, 5.74) is 24.3. The molecule has 1 spiro atoms. The Bertz CT molecular complexity index is 4000. The molecule has 0 saturated heterocycles. The normalized spacial score (nSPS) is 14.4. The molecule has 9 aromatic carbocycles. The van der Waals surface area contributed by atoms with Gasteiger partial charge in [-0.2, -0.15) is 0 Å². The fraction of sp³-hybridized carbons (Fsp3) is 0.0175. The van der Waals surface area contributed by atoms with E-state index in [4.69, 9.17) is 9.97 Å². The van der Waals surface area contributed by atoms with Gasteiger partial charge in [-0.25, -0.2) is 9.97 Å². The van der Waals surface area contributed by atoms with Gasteiger partial charge in [-0.15, -0.1) is 0 Å². The van der Waals surface area contributed by atoms with E-state index in [1.807, 2.05) is 0 Å². The summed E-state index contributed by atoms with van der Waals surface area (Å²) in [6.07, 6.45) is 0. The van der Waals surface area contributed by atoms with Crippen molar-refractivity contribution in [1.29, 1.82) is 0 Å². The van der Waals surface area contributed by atoms with Crippen LogP contribution in [0.4, 0.5) is 0 Å². The van der Waals surface area contributed by atoms with Crippen molar-refractivity contribution in [2.45, 2.75) is 5.41 Å². The van der Waals surface area contributed by atoms with Crippen LogP contribution in [0.25, 0.3) is 105 Å². The van der Waals surface area contributed by atoms with Crippen molar-refractivity contribution in [3.05, 3.63) is 204 Å². The fourth-order valence-electron chi connectivity index (χ4n) is 13.3. The largest absolute Gasteiger partial charge is 0.307 e. The number of para-hydroxylation sites is 4. The molecular weight excluding hydrogens is 765 g/mol. The molecule has 0 atom stereocenters. The van der Waals surface area contributed by atoms with E-state index in [0.29, 0.717) is 0 Å². The minimum Gasteiger partial charge on any atom is -0.307 e. The number of nitrogens with zero attached hydrogens (tertiary/aromatic N) is 5. The molecule has 1 aliphatic carbocycles. The first-order valence-corrected chi connectivity index (χ1v) is 22.0. The predicted molar refractivity (Wildman–Crippen MR) is 257 cm³/mol. The standard InChI is InChI=1S/C57H30BN5/c1-3-15-31(16-4-1)55-59-43-29-13-27-41-50(43)62(55)53-45-35-21-11-25-39-48(35)61-49-36(22-12-26-40(49)57(39)37-23-9-7-19-33(37)34-20-8-10-24-38(34)57)46(52(45)61)54-47(53)58(41)42-28-14-30-44-51(42)63(54)56(60-44)32-17-5-2-6-18-32/h1-30H. The lowest BCUT2D eigenvalue weighted by Crippen LogP contribution is -2.59. The second-order valence-corrected chi connectivity index (χ2v) is 17.9. The second-order valence-electron chi connectivity index (χ2n) is 17.9. The van der Waals surface area contributed by atoms with E-state index >= 15 is 0 Å². The summed E-state index contributed by atoms with van der Waals surface area (Å²) >= 11 is 0. The van der Waals surface area contributed by atoms with Crippen molar-refractivity contribution in [1.82, 2.24) is 23.5 Å². The number of aromatic nitrogens is 5. The molecule has 5 nitrogen and oxygen atoms in total. The summed E-state index contributed by atoms with van der Waals surface area (Å²) in [4.78, 5) is 11.1. The van der Waals surface area contributed by atoms with Gasteiger partial charge in [-0.05, 0) is 61.9 Å². The maximum Gasteiger partial charge on any atom is 0.252 e. The van der Waals surface area contributed by atoms with Gasteiger partial charge >= 0.3 is 0 Å². The van der Waals surface area contributed by atoms with Gasteiger partial charge in [-0.1, -0.05) is 170 Å². The third kappa shape index (κ3) is 3.28. The molecule has 0 fully saturated rings. The molecule has 4 aromatic heterocycles. The van der Waals surface area contributed by atoms with E-state index < -0.39 is 5.41 Å². The van der Waals surface area contributed by atoms with E-state index in [1.54, 1.807) is 0 Å². The van der Waals surface area contributed by atoms with Gasteiger partial charge in [-0.3, -0.25) is 9.13 Å². The number of hydrogen-bond acceptors (Lipinski definition) is 2. The quantitative estimate of drug-likeness (QED) is 0.164. The summed E-state index contributed by atoms with van der Waals surface area (Å²) in [5.74, 6) is 1.93. The van der Waals surface area contributed by atoms with Crippen molar-refractivity contribution in [3.63, 3.8) is 0 Å². The van der Waals surface area contributed by atoms with Crippen molar-refractivity contribution < 1.29 is 0 Å². The molecule has 13 aromatic rings. The van der Waals surface area contributed by atoms with E-state index in [0.717, 1.165) is 33.8 Å². The molecule has 0 saturated carbocycles. The highest BCUT2D eigenvalue weighted by molar-refractivity contribution is 7.00. The smallest absolute Gasteiger partial charge is 0.252 e. The highest BCUT2D eigenvalue weighted by Crippen LogP contribution is 2.62. The van der Waals surface area contributed by atoms with Crippen LogP contribution in [-0.2, 0) is 5.41 Å². The average Bonchev–Trinajstić information content (AvgIpc) is 4.16. The molecule has 63 heavy (non-hydrogen) atoms. The number of fused-ring (bicyclic) bond motifs is 15. The third-order valence-corrected chi connectivity index (χ3v) is 15.3. The Kier molecular flexibility index (Phi) is 5.24. The summed E-state index contributed by atoms with van der Waals surface area (Å²) in [5, 5.41) is 5.12. The molecule has 0 radical (unpaired) electrons. The zero-order chi connectivity index (χ0) is 40.4. The maximum absolute atomic E-state index is 5.57. The van der Waals surface area contributed by atoms with Gasteiger partial charge in [0.05, 0.1) is 55.4 Å². The van der Waals surface area contributed by atoms with Crippen LogP contribution in [0.15, 0.2) is 182 Å². The van der Waals surface area contributed by atoms with Gasteiger partial charge in [0.2, 0.25) is 0 Å². The van der Waals surface area contributed by atoms with Gasteiger partial charge < -0.3 is 4.40 Å². The summed E-state index contributed by atoms with van der Waals surface area (Å²) in [6.45, 7) is -0.0413. The molecule has 3 aliphatic heterocycles. The van der Waals surface area contributed by atoms with Crippen LogP contribution in [-0.4, -0.2) is 30.2 Å². The number of rotatable bonds is 2. The number of imidazole rings is 2. The number of benzene rings is 9. The first kappa shape index (κ1) is 31.6. The van der Waals surface area contributed by atoms with Crippen LogP contribution >= 0.6 is 0 Å². The topological polar surface area (TPSA) is 40.0 Å². The molecule has 0 bridgehead atoms. The fourth-order valence-corrected chi connectivity index (χ4v) is 13.3. The lowest BCUT2D eigenvalue weighted by atomic mass is 9.34. The first-order valence-electron chi connectivity index (χ1n) is 22.0.